The number of hydrogen-bond donors (Lipinski definition) is 0. The molecule has 3 heteroatoms. The monoisotopic (exact) mass is 301 g/mol. The van der Waals surface area contributed by atoms with Gasteiger partial charge in [0.15, 0.2) is 0 Å². The minimum absolute atomic E-state index is 0.280. The zero-order chi connectivity index (χ0) is 16.1. The van der Waals surface area contributed by atoms with Gasteiger partial charge in [0.25, 0.3) is 0 Å². The third kappa shape index (κ3) is 4.70. The van der Waals surface area contributed by atoms with Crippen molar-refractivity contribution in [3.8, 4) is 0 Å². The number of carbonyl (C=O) groups is 1. The molecule has 120 valence electrons. The molecule has 1 heterocycles. The molecule has 0 bridgehead atoms. The summed E-state index contributed by atoms with van der Waals surface area (Å²) in [7, 11) is 0. The van der Waals surface area contributed by atoms with Crippen LogP contribution in [-0.2, 0) is 16.1 Å². The molecule has 0 radical (unpaired) electrons. The molecule has 1 aliphatic heterocycles. The van der Waals surface area contributed by atoms with Crippen LogP contribution in [0.3, 0.4) is 0 Å². The van der Waals surface area contributed by atoms with Crippen LogP contribution < -0.4 is 0 Å². The van der Waals surface area contributed by atoms with Gasteiger partial charge in [-0.3, -0.25) is 4.90 Å². The van der Waals surface area contributed by atoms with Gasteiger partial charge in [-0.15, -0.1) is 0 Å². The van der Waals surface area contributed by atoms with E-state index in [1.807, 2.05) is 0 Å². The Hall–Kier alpha value is -1.61. The first kappa shape index (κ1) is 16.8. The van der Waals surface area contributed by atoms with Crippen LogP contribution in [0.5, 0.6) is 0 Å². The van der Waals surface area contributed by atoms with Gasteiger partial charge >= 0.3 is 5.97 Å². The van der Waals surface area contributed by atoms with Crippen molar-refractivity contribution in [1.29, 1.82) is 0 Å². The first-order valence-electron chi connectivity index (χ1n) is 8.11. The van der Waals surface area contributed by atoms with Crippen molar-refractivity contribution in [3.63, 3.8) is 0 Å². The predicted molar refractivity (Wildman–Crippen MR) is 89.4 cm³/mol. The molecular weight excluding hydrogens is 274 g/mol. The van der Waals surface area contributed by atoms with Crippen molar-refractivity contribution in [2.75, 3.05) is 6.61 Å². The van der Waals surface area contributed by atoms with Crippen LogP contribution in [0.1, 0.15) is 39.2 Å². The van der Waals surface area contributed by atoms with Crippen molar-refractivity contribution in [2.24, 2.45) is 5.92 Å². The Kier molecular flexibility index (Phi) is 5.78. The Balaban J connectivity index is 1.67. The minimum atomic E-state index is -0.280. The van der Waals surface area contributed by atoms with E-state index in [9.17, 15) is 4.79 Å². The molecular formula is C19H27NO2. The van der Waals surface area contributed by atoms with Crippen LogP contribution in [0.2, 0.25) is 0 Å². The number of rotatable bonds is 8. The molecule has 0 N–H and O–H groups in total. The second-order valence-electron chi connectivity index (χ2n) is 6.53. The highest BCUT2D eigenvalue weighted by Gasteiger charge is 2.42. The summed E-state index contributed by atoms with van der Waals surface area (Å²) in [5, 5.41) is 0. The number of ether oxygens (including phenoxy) is 1. The lowest BCUT2D eigenvalue weighted by molar-refractivity contribution is -0.140. The van der Waals surface area contributed by atoms with Crippen LogP contribution in [-0.4, -0.2) is 29.6 Å². The van der Waals surface area contributed by atoms with E-state index in [0.29, 0.717) is 30.2 Å². The quantitative estimate of drug-likeness (QED) is 0.415. The highest BCUT2D eigenvalue weighted by atomic mass is 16.5. The Labute approximate surface area is 134 Å². The van der Waals surface area contributed by atoms with E-state index in [1.165, 1.54) is 12.0 Å². The van der Waals surface area contributed by atoms with E-state index in [-0.39, 0.29) is 5.97 Å². The second kappa shape index (κ2) is 7.59. The summed E-state index contributed by atoms with van der Waals surface area (Å²) in [6.07, 6.45) is 2.25. The van der Waals surface area contributed by atoms with Gasteiger partial charge in [-0.2, -0.15) is 0 Å². The molecule has 0 saturated carbocycles. The number of nitrogens with zero attached hydrogens (tertiary/aromatic N) is 1. The molecule has 1 saturated heterocycles. The van der Waals surface area contributed by atoms with E-state index in [0.717, 1.165) is 13.0 Å². The average Bonchev–Trinajstić information content (AvgIpc) is 3.12. The molecule has 4 unspecified atom stereocenters. The Morgan fingerprint density at radius 1 is 1.36 bits per heavy atom. The van der Waals surface area contributed by atoms with E-state index < -0.39 is 0 Å². The van der Waals surface area contributed by atoms with Crippen LogP contribution >= 0.6 is 0 Å². The maximum absolute atomic E-state index is 11.4. The summed E-state index contributed by atoms with van der Waals surface area (Å²) in [6, 6.07) is 11.9. The molecule has 0 aromatic heterocycles. The summed E-state index contributed by atoms with van der Waals surface area (Å²) in [5.74, 6) is 0.118. The molecule has 22 heavy (non-hydrogen) atoms. The highest BCUT2D eigenvalue weighted by molar-refractivity contribution is 5.86. The van der Waals surface area contributed by atoms with Crippen molar-refractivity contribution >= 4 is 5.97 Å². The maximum Gasteiger partial charge on any atom is 0.333 e. The summed E-state index contributed by atoms with van der Waals surface area (Å²) in [5.41, 5.74) is 1.84. The standard InChI is InChI=1S/C19H27NO2/c1-14(2)19(21)22-13-15(3)10-11-18-16(4)20(18)12-17-8-6-5-7-9-17/h5-9,15-16,18H,1,10-13H2,2-4H3. The molecule has 0 aliphatic carbocycles. The predicted octanol–water partition coefficient (Wildman–Crippen LogP) is 3.79. The number of hydrogen-bond acceptors (Lipinski definition) is 3. The van der Waals surface area contributed by atoms with Crippen molar-refractivity contribution < 1.29 is 9.53 Å². The Bertz CT molecular complexity index is 511. The number of benzene rings is 1. The zero-order valence-corrected chi connectivity index (χ0v) is 13.9. The third-order valence-electron chi connectivity index (χ3n) is 4.43. The summed E-state index contributed by atoms with van der Waals surface area (Å²) < 4.78 is 5.22. The molecule has 4 atom stereocenters. The van der Waals surface area contributed by atoms with Crippen molar-refractivity contribution in [1.82, 2.24) is 4.90 Å². The van der Waals surface area contributed by atoms with E-state index in [2.05, 4.69) is 55.7 Å². The lowest BCUT2D eigenvalue weighted by Gasteiger charge is -2.12. The van der Waals surface area contributed by atoms with Crippen LogP contribution in [0.4, 0.5) is 0 Å². The van der Waals surface area contributed by atoms with Crippen LogP contribution in [0.25, 0.3) is 0 Å². The molecule has 0 amide bonds. The zero-order valence-electron chi connectivity index (χ0n) is 13.9. The Morgan fingerprint density at radius 2 is 2.05 bits per heavy atom. The average molecular weight is 301 g/mol. The van der Waals surface area contributed by atoms with Gasteiger partial charge in [-0.05, 0) is 38.2 Å². The highest BCUT2D eigenvalue weighted by Crippen LogP contribution is 2.34. The van der Waals surface area contributed by atoms with Gasteiger partial charge in [0.05, 0.1) is 6.61 Å². The van der Waals surface area contributed by atoms with Gasteiger partial charge in [0.2, 0.25) is 0 Å². The van der Waals surface area contributed by atoms with Gasteiger partial charge < -0.3 is 4.74 Å². The van der Waals surface area contributed by atoms with Gasteiger partial charge in [-0.25, -0.2) is 4.79 Å². The van der Waals surface area contributed by atoms with E-state index in [1.54, 1.807) is 6.92 Å². The molecule has 1 aromatic carbocycles. The summed E-state index contributed by atoms with van der Waals surface area (Å²) in [6.45, 7) is 11.2. The van der Waals surface area contributed by atoms with E-state index >= 15 is 0 Å². The van der Waals surface area contributed by atoms with Gasteiger partial charge in [-0.1, -0.05) is 43.8 Å². The molecule has 2 rings (SSSR count). The van der Waals surface area contributed by atoms with Crippen LogP contribution in [0, 0.1) is 5.92 Å². The normalized spacial score (nSPS) is 24.6. The third-order valence-corrected chi connectivity index (χ3v) is 4.43. The second-order valence-corrected chi connectivity index (χ2v) is 6.53. The fraction of sp³-hybridized carbons (Fsp3) is 0.526. The smallest absolute Gasteiger partial charge is 0.333 e. The molecule has 0 spiro atoms. The number of esters is 1. The largest absolute Gasteiger partial charge is 0.462 e. The lowest BCUT2D eigenvalue weighted by Crippen LogP contribution is -2.13. The summed E-state index contributed by atoms with van der Waals surface area (Å²) in [4.78, 5) is 13.9. The molecule has 3 nitrogen and oxygen atoms in total. The number of carbonyl (C=O) groups excluding carboxylic acids is 1. The van der Waals surface area contributed by atoms with Gasteiger partial charge in [0.1, 0.15) is 0 Å². The SMILES string of the molecule is C=C(C)C(=O)OCC(C)CCC1C(C)N1Cc1ccccc1. The summed E-state index contributed by atoms with van der Waals surface area (Å²) >= 11 is 0. The maximum atomic E-state index is 11.4. The first-order chi connectivity index (χ1) is 10.5. The molecule has 1 fully saturated rings. The fourth-order valence-corrected chi connectivity index (χ4v) is 2.82. The molecule has 1 aromatic rings. The van der Waals surface area contributed by atoms with Gasteiger partial charge in [0, 0.05) is 24.2 Å². The van der Waals surface area contributed by atoms with Crippen LogP contribution in [0.15, 0.2) is 42.5 Å². The lowest BCUT2D eigenvalue weighted by atomic mass is 10.0. The topological polar surface area (TPSA) is 29.3 Å². The van der Waals surface area contributed by atoms with Crippen molar-refractivity contribution in [2.45, 2.75) is 52.2 Å². The Morgan fingerprint density at radius 3 is 2.68 bits per heavy atom. The van der Waals surface area contributed by atoms with E-state index in [4.69, 9.17) is 4.74 Å². The van der Waals surface area contributed by atoms with Crippen molar-refractivity contribution in [3.05, 3.63) is 48.0 Å². The minimum Gasteiger partial charge on any atom is -0.462 e. The fourth-order valence-electron chi connectivity index (χ4n) is 2.82. The molecule has 1 aliphatic rings. The first-order valence-corrected chi connectivity index (χ1v) is 8.11.